The van der Waals surface area contributed by atoms with Crippen LogP contribution in [0.3, 0.4) is 0 Å². The molecule has 1 aromatic heterocycles. The number of nitrogens with one attached hydrogen (secondary N) is 1. The summed E-state index contributed by atoms with van der Waals surface area (Å²) in [5, 5.41) is 0. The highest BCUT2D eigenvalue weighted by Crippen LogP contribution is 2.24. The summed E-state index contributed by atoms with van der Waals surface area (Å²) in [6.07, 6.45) is 0. The standard InChI is InChI=1S/C26H22F2N4O4/c27-25(28)36-20-13-11-19(12-14-20)24(34)31(15-17-7-3-1-4-8-17)21-22(29)32(26(35)30-23(21)33)16-18-9-5-2-6-10-18/h1-14,25H,15-16,29H2,(H,30,33,35). The minimum absolute atomic E-state index is 0.0359. The summed E-state index contributed by atoms with van der Waals surface area (Å²) in [4.78, 5) is 42.6. The molecular formula is C26H22F2N4O4. The van der Waals surface area contributed by atoms with Crippen LogP contribution in [-0.4, -0.2) is 22.1 Å². The lowest BCUT2D eigenvalue weighted by molar-refractivity contribution is -0.0498. The van der Waals surface area contributed by atoms with Crippen molar-refractivity contribution in [2.75, 3.05) is 10.6 Å². The number of carbonyl (C=O) groups is 1. The normalized spacial score (nSPS) is 10.9. The Morgan fingerprint density at radius 3 is 2.08 bits per heavy atom. The maximum atomic E-state index is 13.6. The van der Waals surface area contributed by atoms with Crippen LogP contribution in [-0.2, 0) is 13.1 Å². The monoisotopic (exact) mass is 492 g/mol. The molecule has 0 radical (unpaired) electrons. The van der Waals surface area contributed by atoms with Gasteiger partial charge in [-0.1, -0.05) is 60.7 Å². The first-order valence-electron chi connectivity index (χ1n) is 10.9. The van der Waals surface area contributed by atoms with Crippen molar-refractivity contribution in [3.05, 3.63) is 122 Å². The van der Waals surface area contributed by atoms with E-state index in [1.165, 1.54) is 28.8 Å². The fourth-order valence-electron chi connectivity index (χ4n) is 3.71. The van der Waals surface area contributed by atoms with Gasteiger partial charge in [0.05, 0.1) is 13.1 Å². The smallest absolute Gasteiger partial charge is 0.387 e. The predicted octanol–water partition coefficient (Wildman–Crippen LogP) is 3.62. The summed E-state index contributed by atoms with van der Waals surface area (Å²) in [7, 11) is 0. The molecular weight excluding hydrogens is 470 g/mol. The molecule has 0 bridgehead atoms. The van der Waals surface area contributed by atoms with E-state index in [4.69, 9.17) is 5.73 Å². The largest absolute Gasteiger partial charge is 0.435 e. The van der Waals surface area contributed by atoms with Crippen LogP contribution in [0.5, 0.6) is 5.75 Å². The molecule has 0 spiro atoms. The fourth-order valence-corrected chi connectivity index (χ4v) is 3.71. The third kappa shape index (κ3) is 5.49. The van der Waals surface area contributed by atoms with E-state index < -0.39 is 23.8 Å². The van der Waals surface area contributed by atoms with Crippen molar-refractivity contribution in [2.24, 2.45) is 0 Å². The number of benzene rings is 3. The molecule has 3 aromatic carbocycles. The van der Waals surface area contributed by atoms with Crippen molar-refractivity contribution in [1.82, 2.24) is 9.55 Å². The lowest BCUT2D eigenvalue weighted by atomic mass is 10.1. The number of nitrogen functional groups attached to an aromatic ring is 1. The molecule has 0 aliphatic heterocycles. The van der Waals surface area contributed by atoms with Crippen molar-refractivity contribution >= 4 is 17.4 Å². The molecule has 0 aliphatic carbocycles. The first-order chi connectivity index (χ1) is 17.3. The zero-order valence-corrected chi connectivity index (χ0v) is 18.9. The summed E-state index contributed by atoms with van der Waals surface area (Å²) in [6.45, 7) is -2.97. The third-order valence-corrected chi connectivity index (χ3v) is 5.42. The Bertz CT molecular complexity index is 1450. The number of aromatic nitrogens is 2. The first-order valence-corrected chi connectivity index (χ1v) is 10.9. The van der Waals surface area contributed by atoms with Gasteiger partial charge in [0, 0.05) is 5.56 Å². The second kappa shape index (κ2) is 10.7. The topological polar surface area (TPSA) is 110 Å². The number of alkyl halides is 2. The first kappa shape index (κ1) is 24.4. The summed E-state index contributed by atoms with van der Waals surface area (Å²) >= 11 is 0. The van der Waals surface area contributed by atoms with Crippen LogP contribution in [0.2, 0.25) is 0 Å². The Hall–Kier alpha value is -4.73. The SMILES string of the molecule is Nc1c(N(Cc2ccccc2)C(=O)c2ccc(OC(F)F)cc2)c(=O)[nH]c(=O)n1Cc1ccccc1. The van der Waals surface area contributed by atoms with Crippen molar-refractivity contribution in [3.8, 4) is 5.75 Å². The van der Waals surface area contributed by atoms with E-state index >= 15 is 0 Å². The number of halogens is 2. The van der Waals surface area contributed by atoms with Gasteiger partial charge in [0.25, 0.3) is 11.5 Å². The number of nitrogens with two attached hydrogens (primary N) is 1. The number of hydrogen-bond donors (Lipinski definition) is 2. The molecule has 1 amide bonds. The molecule has 10 heteroatoms. The number of ether oxygens (including phenoxy) is 1. The molecule has 0 aliphatic rings. The van der Waals surface area contributed by atoms with Gasteiger partial charge in [0.1, 0.15) is 11.6 Å². The summed E-state index contributed by atoms with van der Waals surface area (Å²) in [6, 6.07) is 23.0. The molecule has 36 heavy (non-hydrogen) atoms. The molecule has 0 saturated carbocycles. The molecule has 4 aromatic rings. The predicted molar refractivity (Wildman–Crippen MR) is 131 cm³/mol. The molecule has 0 atom stereocenters. The Labute approximate surface area is 204 Å². The van der Waals surface area contributed by atoms with Crippen LogP contribution in [0.4, 0.5) is 20.3 Å². The minimum atomic E-state index is -3.01. The number of anilines is 2. The summed E-state index contributed by atoms with van der Waals surface area (Å²) < 4.78 is 30.5. The Morgan fingerprint density at radius 2 is 1.50 bits per heavy atom. The van der Waals surface area contributed by atoms with Gasteiger partial charge in [-0.25, -0.2) is 4.79 Å². The van der Waals surface area contributed by atoms with E-state index in [0.29, 0.717) is 5.56 Å². The highest BCUT2D eigenvalue weighted by Gasteiger charge is 2.26. The maximum absolute atomic E-state index is 13.6. The van der Waals surface area contributed by atoms with E-state index in [0.717, 1.165) is 10.5 Å². The van der Waals surface area contributed by atoms with Crippen molar-refractivity contribution < 1.29 is 18.3 Å². The molecule has 0 unspecified atom stereocenters. The Balaban J connectivity index is 1.79. The number of amides is 1. The van der Waals surface area contributed by atoms with Crippen molar-refractivity contribution in [3.63, 3.8) is 0 Å². The average molecular weight is 492 g/mol. The minimum Gasteiger partial charge on any atom is -0.435 e. The zero-order chi connectivity index (χ0) is 25.7. The molecule has 4 rings (SSSR count). The van der Waals surface area contributed by atoms with Gasteiger partial charge in [-0.3, -0.25) is 24.0 Å². The van der Waals surface area contributed by atoms with Gasteiger partial charge in [0.2, 0.25) is 0 Å². The van der Waals surface area contributed by atoms with E-state index in [-0.39, 0.29) is 35.9 Å². The van der Waals surface area contributed by atoms with Crippen LogP contribution in [0.25, 0.3) is 0 Å². The van der Waals surface area contributed by atoms with Gasteiger partial charge in [-0.05, 0) is 35.4 Å². The highest BCUT2D eigenvalue weighted by molar-refractivity contribution is 6.07. The second-order valence-electron chi connectivity index (χ2n) is 7.84. The lowest BCUT2D eigenvalue weighted by Gasteiger charge is -2.25. The van der Waals surface area contributed by atoms with Crippen LogP contribution < -0.4 is 26.6 Å². The zero-order valence-electron chi connectivity index (χ0n) is 18.9. The Kier molecular flexibility index (Phi) is 7.24. The van der Waals surface area contributed by atoms with Crippen LogP contribution in [0.15, 0.2) is 94.5 Å². The van der Waals surface area contributed by atoms with Crippen LogP contribution >= 0.6 is 0 Å². The van der Waals surface area contributed by atoms with Gasteiger partial charge < -0.3 is 10.5 Å². The van der Waals surface area contributed by atoms with Gasteiger partial charge in [-0.2, -0.15) is 8.78 Å². The van der Waals surface area contributed by atoms with Gasteiger partial charge >= 0.3 is 12.3 Å². The third-order valence-electron chi connectivity index (χ3n) is 5.42. The molecule has 1 heterocycles. The molecule has 3 N–H and O–H groups in total. The number of hydrogen-bond acceptors (Lipinski definition) is 5. The number of rotatable bonds is 8. The van der Waals surface area contributed by atoms with Gasteiger partial charge in [-0.15, -0.1) is 0 Å². The molecule has 184 valence electrons. The number of aromatic amines is 1. The van der Waals surface area contributed by atoms with E-state index in [1.807, 2.05) is 6.07 Å². The van der Waals surface area contributed by atoms with E-state index in [1.54, 1.807) is 54.6 Å². The molecule has 8 nitrogen and oxygen atoms in total. The fraction of sp³-hybridized carbons (Fsp3) is 0.115. The quantitative estimate of drug-likeness (QED) is 0.390. The Morgan fingerprint density at radius 1 is 0.917 bits per heavy atom. The van der Waals surface area contributed by atoms with Crippen molar-refractivity contribution in [2.45, 2.75) is 19.7 Å². The van der Waals surface area contributed by atoms with Crippen molar-refractivity contribution in [1.29, 1.82) is 0 Å². The van der Waals surface area contributed by atoms with Crippen LogP contribution in [0.1, 0.15) is 21.5 Å². The number of carbonyl (C=O) groups excluding carboxylic acids is 1. The van der Waals surface area contributed by atoms with E-state index in [9.17, 15) is 23.2 Å². The second-order valence-corrected chi connectivity index (χ2v) is 7.84. The van der Waals surface area contributed by atoms with E-state index in [2.05, 4.69) is 9.72 Å². The van der Waals surface area contributed by atoms with Gasteiger partial charge in [0.15, 0.2) is 5.69 Å². The number of H-pyrrole nitrogens is 1. The number of nitrogens with zero attached hydrogens (tertiary/aromatic N) is 2. The summed E-state index contributed by atoms with van der Waals surface area (Å²) in [5.74, 6) is -0.927. The lowest BCUT2D eigenvalue weighted by Crippen LogP contribution is -2.41. The molecule has 0 fully saturated rings. The van der Waals surface area contributed by atoms with Crippen LogP contribution in [0, 0.1) is 0 Å². The highest BCUT2D eigenvalue weighted by atomic mass is 19.3. The maximum Gasteiger partial charge on any atom is 0.387 e. The average Bonchev–Trinajstić information content (AvgIpc) is 2.87. The summed E-state index contributed by atoms with van der Waals surface area (Å²) in [5.41, 5.74) is 6.14. The molecule has 0 saturated heterocycles.